The molecule has 0 aromatic carbocycles. The van der Waals surface area contributed by atoms with Crippen molar-refractivity contribution < 1.29 is 28.8 Å². The van der Waals surface area contributed by atoms with Gasteiger partial charge in [0.1, 0.15) is 23.9 Å². The lowest BCUT2D eigenvalue weighted by Gasteiger charge is -2.41. The van der Waals surface area contributed by atoms with Crippen molar-refractivity contribution in [3.8, 4) is 0 Å². The van der Waals surface area contributed by atoms with E-state index in [0.717, 1.165) is 24.0 Å². The molecular weight excluding hydrogens is 360 g/mol. The smallest absolute Gasteiger partial charge is 0.334 e. The van der Waals surface area contributed by atoms with E-state index in [1.165, 1.54) is 6.92 Å². The molecule has 3 heterocycles. The SMILES string of the molecule is C=C1C(=O)O[C@@H]2/C=C(\C)CC[C@@H](OC(C)=O)[C@@]3(C)CC[C@@H](OO3)/C(C)=C\C[C@@H]12. The molecular formula is C22H30O6. The number of rotatable bonds is 1. The number of allylic oxidation sites excluding steroid dienone is 2. The van der Waals surface area contributed by atoms with Crippen LogP contribution < -0.4 is 0 Å². The van der Waals surface area contributed by atoms with E-state index >= 15 is 0 Å². The summed E-state index contributed by atoms with van der Waals surface area (Å²) < 4.78 is 11.1. The second kappa shape index (κ2) is 8.21. The summed E-state index contributed by atoms with van der Waals surface area (Å²) in [6.45, 7) is 11.3. The van der Waals surface area contributed by atoms with E-state index in [0.29, 0.717) is 24.8 Å². The Morgan fingerprint density at radius 2 is 2.07 bits per heavy atom. The first-order valence-electron chi connectivity index (χ1n) is 9.95. The highest BCUT2D eigenvalue weighted by Crippen LogP contribution is 2.38. The molecule has 2 saturated heterocycles. The van der Waals surface area contributed by atoms with E-state index in [1.54, 1.807) is 0 Å². The van der Waals surface area contributed by atoms with Crippen LogP contribution in [-0.2, 0) is 28.8 Å². The fourth-order valence-electron chi connectivity index (χ4n) is 4.11. The molecule has 2 fully saturated rings. The molecule has 3 aliphatic heterocycles. The summed E-state index contributed by atoms with van der Waals surface area (Å²) in [5, 5.41) is 0. The minimum absolute atomic E-state index is 0.0839. The maximum Gasteiger partial charge on any atom is 0.334 e. The predicted octanol–water partition coefficient (Wildman–Crippen LogP) is 3.96. The summed E-state index contributed by atoms with van der Waals surface area (Å²) in [6, 6.07) is 0. The minimum Gasteiger partial charge on any atom is -0.459 e. The first kappa shape index (κ1) is 20.8. The zero-order valence-electron chi connectivity index (χ0n) is 17.2. The molecule has 0 spiro atoms. The molecule has 0 saturated carbocycles. The first-order chi connectivity index (χ1) is 13.2. The Bertz CT molecular complexity index is 711. The molecule has 154 valence electrons. The van der Waals surface area contributed by atoms with Gasteiger partial charge in [0.15, 0.2) is 0 Å². The second-order valence-electron chi connectivity index (χ2n) is 8.35. The topological polar surface area (TPSA) is 71.1 Å². The Balaban J connectivity index is 1.91. The molecule has 6 nitrogen and oxygen atoms in total. The van der Waals surface area contributed by atoms with Crippen LogP contribution in [0.15, 0.2) is 35.5 Å². The van der Waals surface area contributed by atoms with Crippen LogP contribution in [0.4, 0.5) is 0 Å². The van der Waals surface area contributed by atoms with Crippen LogP contribution in [0.1, 0.15) is 59.8 Å². The molecule has 2 bridgehead atoms. The summed E-state index contributed by atoms with van der Waals surface area (Å²) >= 11 is 0. The van der Waals surface area contributed by atoms with Crippen molar-refractivity contribution in [2.45, 2.75) is 83.7 Å². The molecule has 4 rings (SSSR count). The van der Waals surface area contributed by atoms with Crippen molar-refractivity contribution in [1.82, 2.24) is 0 Å². The van der Waals surface area contributed by atoms with Crippen LogP contribution in [0.2, 0.25) is 0 Å². The third-order valence-electron chi connectivity index (χ3n) is 6.05. The molecule has 0 radical (unpaired) electrons. The number of carbonyl (C=O) groups excluding carboxylic acids is 2. The number of fused-ring (bicyclic) bond motifs is 6. The minimum atomic E-state index is -0.691. The molecule has 0 aromatic heterocycles. The van der Waals surface area contributed by atoms with E-state index in [9.17, 15) is 9.59 Å². The molecule has 5 atom stereocenters. The zero-order chi connectivity index (χ0) is 20.5. The van der Waals surface area contributed by atoms with Gasteiger partial charge in [-0.1, -0.05) is 18.2 Å². The Labute approximate surface area is 166 Å². The third kappa shape index (κ3) is 4.39. The van der Waals surface area contributed by atoms with Crippen molar-refractivity contribution in [3.05, 3.63) is 35.5 Å². The van der Waals surface area contributed by atoms with E-state index in [2.05, 4.69) is 12.7 Å². The van der Waals surface area contributed by atoms with Crippen molar-refractivity contribution in [1.29, 1.82) is 0 Å². The van der Waals surface area contributed by atoms with Crippen LogP contribution in [0.25, 0.3) is 0 Å². The third-order valence-corrected chi connectivity index (χ3v) is 6.05. The maximum atomic E-state index is 12.0. The quantitative estimate of drug-likeness (QED) is 0.292. The van der Waals surface area contributed by atoms with Gasteiger partial charge in [-0.3, -0.25) is 4.79 Å². The highest BCUT2D eigenvalue weighted by atomic mass is 17.2. The zero-order valence-corrected chi connectivity index (χ0v) is 17.2. The number of hydrogen-bond acceptors (Lipinski definition) is 6. The van der Waals surface area contributed by atoms with Crippen molar-refractivity contribution in [2.24, 2.45) is 5.92 Å². The Hall–Kier alpha value is -1.92. The molecule has 0 N–H and O–H groups in total. The summed E-state index contributed by atoms with van der Waals surface area (Å²) in [7, 11) is 0. The van der Waals surface area contributed by atoms with E-state index in [-0.39, 0.29) is 30.1 Å². The molecule has 0 unspecified atom stereocenters. The van der Waals surface area contributed by atoms with Gasteiger partial charge in [-0.25, -0.2) is 14.6 Å². The average molecular weight is 390 g/mol. The normalized spacial score (nSPS) is 40.4. The Kier molecular flexibility index (Phi) is 6.10. The van der Waals surface area contributed by atoms with Gasteiger partial charge in [0.05, 0.1) is 0 Å². The van der Waals surface area contributed by atoms with Gasteiger partial charge in [0.25, 0.3) is 0 Å². The van der Waals surface area contributed by atoms with Crippen LogP contribution in [0, 0.1) is 5.92 Å². The highest BCUT2D eigenvalue weighted by Gasteiger charge is 2.44. The standard InChI is InChI=1S/C22H30O6/c1-13-6-9-20(25-16(4)23)22(5)11-10-18(27-28-22)14(2)7-8-17-15(3)21(24)26-19(17)12-13/h7,12,17-20H,3,6,8-11H2,1-2,4-5H3/b13-12+,14-7-/t17-,18+,19+,20+,22+/m0/s1. The van der Waals surface area contributed by atoms with Crippen LogP contribution >= 0.6 is 0 Å². The maximum absolute atomic E-state index is 12.0. The van der Waals surface area contributed by atoms with Crippen molar-refractivity contribution in [3.63, 3.8) is 0 Å². The summed E-state index contributed by atoms with van der Waals surface area (Å²) in [5.41, 5.74) is 1.94. The van der Waals surface area contributed by atoms with E-state index in [1.807, 2.05) is 26.8 Å². The lowest BCUT2D eigenvalue weighted by molar-refractivity contribution is -0.412. The number of hydrogen-bond donors (Lipinski definition) is 0. The predicted molar refractivity (Wildman–Crippen MR) is 103 cm³/mol. The second-order valence-corrected chi connectivity index (χ2v) is 8.35. The van der Waals surface area contributed by atoms with Crippen LogP contribution in [0.3, 0.4) is 0 Å². The largest absolute Gasteiger partial charge is 0.459 e. The van der Waals surface area contributed by atoms with Gasteiger partial charge in [-0.15, -0.1) is 0 Å². The molecule has 0 aromatic rings. The van der Waals surface area contributed by atoms with Crippen molar-refractivity contribution in [2.75, 3.05) is 0 Å². The number of ether oxygens (including phenoxy) is 2. The lowest BCUT2D eigenvalue weighted by atomic mass is 9.85. The van der Waals surface area contributed by atoms with Crippen LogP contribution in [-0.4, -0.2) is 35.9 Å². The van der Waals surface area contributed by atoms with Gasteiger partial charge in [0, 0.05) is 18.4 Å². The molecule has 0 amide bonds. The van der Waals surface area contributed by atoms with Gasteiger partial charge < -0.3 is 9.47 Å². The highest BCUT2D eigenvalue weighted by molar-refractivity contribution is 5.91. The molecule has 4 aliphatic rings. The fourth-order valence-corrected chi connectivity index (χ4v) is 4.11. The molecule has 28 heavy (non-hydrogen) atoms. The van der Waals surface area contributed by atoms with Gasteiger partial charge in [0.2, 0.25) is 0 Å². The van der Waals surface area contributed by atoms with E-state index < -0.39 is 11.7 Å². The van der Waals surface area contributed by atoms with Gasteiger partial charge in [-0.2, -0.15) is 0 Å². The molecule has 6 heteroatoms. The summed E-state index contributed by atoms with van der Waals surface area (Å²) in [6.07, 6.45) is 6.66. The number of carbonyl (C=O) groups is 2. The van der Waals surface area contributed by atoms with Gasteiger partial charge in [-0.05, 0) is 64.5 Å². The molecule has 1 aliphatic carbocycles. The summed E-state index contributed by atoms with van der Waals surface area (Å²) in [5.74, 6) is -0.753. The van der Waals surface area contributed by atoms with E-state index in [4.69, 9.17) is 19.2 Å². The van der Waals surface area contributed by atoms with Crippen LogP contribution in [0.5, 0.6) is 0 Å². The first-order valence-corrected chi connectivity index (χ1v) is 9.95. The fraction of sp³-hybridized carbons (Fsp3) is 0.636. The van der Waals surface area contributed by atoms with Gasteiger partial charge >= 0.3 is 11.9 Å². The Morgan fingerprint density at radius 1 is 1.32 bits per heavy atom. The van der Waals surface area contributed by atoms with Crippen molar-refractivity contribution >= 4 is 11.9 Å². The summed E-state index contributed by atoms with van der Waals surface area (Å²) in [4.78, 5) is 35.2. The monoisotopic (exact) mass is 390 g/mol. The lowest BCUT2D eigenvalue weighted by Crippen LogP contribution is -2.49. The number of esters is 2. The Morgan fingerprint density at radius 3 is 2.71 bits per heavy atom. The average Bonchev–Trinajstić information content (AvgIpc) is 2.89.